The van der Waals surface area contributed by atoms with Gasteiger partial charge in [0.05, 0.1) is 5.69 Å². The number of hydrogen-bond acceptors (Lipinski definition) is 5. The fraction of sp³-hybridized carbons (Fsp3) is 0.400. The van der Waals surface area contributed by atoms with Crippen LogP contribution in [-0.2, 0) is 19.1 Å². The van der Waals surface area contributed by atoms with Crippen LogP contribution in [-0.4, -0.2) is 30.9 Å². The van der Waals surface area contributed by atoms with Crippen LogP contribution in [0.4, 0.5) is 10.1 Å². The van der Waals surface area contributed by atoms with Crippen LogP contribution in [0.25, 0.3) is 0 Å². The molecule has 0 heterocycles. The van der Waals surface area contributed by atoms with E-state index in [1.807, 2.05) is 13.8 Å². The number of esters is 2. The van der Waals surface area contributed by atoms with Gasteiger partial charge in [0.1, 0.15) is 11.9 Å². The number of ether oxygens (including phenoxy) is 1. The molecule has 2 N–H and O–H groups in total. The van der Waals surface area contributed by atoms with Gasteiger partial charge in [-0.05, 0) is 24.5 Å². The number of benzene rings is 1. The van der Waals surface area contributed by atoms with E-state index in [-0.39, 0.29) is 11.6 Å². The van der Waals surface area contributed by atoms with Crippen molar-refractivity contribution >= 4 is 23.5 Å². The second-order valence-corrected chi connectivity index (χ2v) is 5.26. The quantitative estimate of drug-likeness (QED) is 0.513. The number of nitrogens with zero attached hydrogens (tertiary/aromatic N) is 1. The number of carbonyl (C=O) groups is 3. The zero-order chi connectivity index (χ0) is 16.9. The molecule has 0 aliphatic heterocycles. The zero-order valence-corrected chi connectivity index (χ0v) is 12.7. The topological polar surface area (TPSA) is 89.7 Å². The molecule has 0 saturated heterocycles. The summed E-state index contributed by atoms with van der Waals surface area (Å²) in [6, 6.07) is 4.44. The molecule has 0 aliphatic rings. The van der Waals surface area contributed by atoms with Crippen molar-refractivity contribution in [2.24, 2.45) is 11.7 Å². The van der Waals surface area contributed by atoms with Crippen molar-refractivity contribution in [1.82, 2.24) is 0 Å². The minimum atomic E-state index is -1.39. The fourth-order valence-corrected chi connectivity index (χ4v) is 1.78. The van der Waals surface area contributed by atoms with Crippen molar-refractivity contribution in [2.45, 2.75) is 26.3 Å². The number of nitrogens with two attached hydrogens (primary N) is 1. The molecule has 22 heavy (non-hydrogen) atoms. The molecule has 0 radical (unpaired) electrons. The van der Waals surface area contributed by atoms with Gasteiger partial charge in [0.15, 0.2) is 0 Å². The lowest BCUT2D eigenvalue weighted by molar-refractivity contribution is -0.165. The number of carbonyl (C=O) groups excluding carboxylic acids is 3. The summed E-state index contributed by atoms with van der Waals surface area (Å²) in [6.45, 7) is 3.71. The van der Waals surface area contributed by atoms with E-state index in [0.29, 0.717) is 6.42 Å². The number of rotatable bonds is 4. The molecule has 0 aromatic heterocycles. The summed E-state index contributed by atoms with van der Waals surface area (Å²) in [6.07, 6.45) is 0.323. The number of amides is 1. The zero-order valence-electron chi connectivity index (χ0n) is 12.7. The maximum Gasteiger partial charge on any atom is 0.405 e. The predicted molar refractivity (Wildman–Crippen MR) is 78.3 cm³/mol. The van der Waals surface area contributed by atoms with Gasteiger partial charge in [0.25, 0.3) is 0 Å². The highest BCUT2D eigenvalue weighted by molar-refractivity contribution is 6.39. The Balaban J connectivity index is 2.71. The average Bonchev–Trinajstić information content (AvgIpc) is 2.45. The molecule has 1 rings (SSSR count). The van der Waals surface area contributed by atoms with E-state index in [1.54, 1.807) is 0 Å². The second-order valence-electron chi connectivity index (χ2n) is 5.26. The van der Waals surface area contributed by atoms with Gasteiger partial charge in [-0.3, -0.25) is 4.79 Å². The highest BCUT2D eigenvalue weighted by atomic mass is 19.1. The van der Waals surface area contributed by atoms with Crippen molar-refractivity contribution in [3.8, 4) is 0 Å². The Morgan fingerprint density at radius 2 is 1.86 bits per heavy atom. The smallest absolute Gasteiger partial charge is 0.385 e. The van der Waals surface area contributed by atoms with Gasteiger partial charge in [-0.1, -0.05) is 26.0 Å². The largest absolute Gasteiger partial charge is 0.405 e. The van der Waals surface area contributed by atoms with Crippen molar-refractivity contribution in [3.63, 3.8) is 0 Å². The van der Waals surface area contributed by atoms with Crippen LogP contribution in [0.5, 0.6) is 0 Å². The van der Waals surface area contributed by atoms with Crippen LogP contribution in [0.2, 0.25) is 0 Å². The van der Waals surface area contributed by atoms with Gasteiger partial charge < -0.3 is 15.4 Å². The van der Waals surface area contributed by atoms with Crippen LogP contribution in [0.15, 0.2) is 24.3 Å². The summed E-state index contributed by atoms with van der Waals surface area (Å²) in [5.74, 6) is -4.07. The third-order valence-electron chi connectivity index (χ3n) is 2.91. The Bertz CT molecular complexity index is 574. The molecule has 0 saturated carbocycles. The third kappa shape index (κ3) is 4.63. The van der Waals surface area contributed by atoms with Crippen LogP contribution in [0, 0.1) is 11.7 Å². The lowest BCUT2D eigenvalue weighted by atomic mass is 10.1. The molecule has 1 atom stereocenters. The van der Waals surface area contributed by atoms with E-state index in [0.717, 1.165) is 11.0 Å². The maximum absolute atomic E-state index is 13.6. The minimum absolute atomic E-state index is 0.0941. The number of hydrogen-bond donors (Lipinski definition) is 1. The molecule has 0 unspecified atom stereocenters. The van der Waals surface area contributed by atoms with Crippen molar-refractivity contribution in [3.05, 3.63) is 30.1 Å². The molecule has 0 bridgehead atoms. The summed E-state index contributed by atoms with van der Waals surface area (Å²) in [5, 5.41) is 0. The van der Waals surface area contributed by atoms with Gasteiger partial charge in [-0.15, -0.1) is 0 Å². The molecular weight excluding hydrogens is 291 g/mol. The first-order valence-electron chi connectivity index (χ1n) is 6.77. The molecule has 1 aromatic rings. The van der Waals surface area contributed by atoms with Gasteiger partial charge in [-0.25, -0.2) is 14.0 Å². The summed E-state index contributed by atoms with van der Waals surface area (Å²) in [7, 11) is 1.21. The molecule has 0 fully saturated rings. The highest BCUT2D eigenvalue weighted by Gasteiger charge is 2.28. The first-order valence-corrected chi connectivity index (χ1v) is 6.77. The van der Waals surface area contributed by atoms with Crippen LogP contribution < -0.4 is 10.6 Å². The lowest BCUT2D eigenvalue weighted by Gasteiger charge is -2.17. The molecular formula is C15H19FN2O4. The van der Waals surface area contributed by atoms with Crippen LogP contribution in [0.3, 0.4) is 0 Å². The predicted octanol–water partition coefficient (Wildman–Crippen LogP) is 1.23. The molecule has 0 aliphatic carbocycles. The molecule has 1 aromatic carbocycles. The number of para-hydroxylation sites is 1. The molecule has 6 nitrogen and oxygen atoms in total. The first kappa shape index (κ1) is 17.8. The average molecular weight is 310 g/mol. The third-order valence-corrected chi connectivity index (χ3v) is 2.91. The number of likely N-dealkylation sites (N-methyl/N-ethyl adjacent to an activating group) is 1. The van der Waals surface area contributed by atoms with E-state index in [2.05, 4.69) is 4.74 Å². The van der Waals surface area contributed by atoms with E-state index in [1.165, 1.54) is 25.2 Å². The summed E-state index contributed by atoms with van der Waals surface area (Å²) in [4.78, 5) is 35.9. The lowest BCUT2D eigenvalue weighted by Crippen LogP contribution is -2.40. The second kappa shape index (κ2) is 7.65. The summed E-state index contributed by atoms with van der Waals surface area (Å²) < 4.78 is 18.0. The van der Waals surface area contributed by atoms with Gasteiger partial charge in [0, 0.05) is 7.05 Å². The summed E-state index contributed by atoms with van der Waals surface area (Å²) in [5.41, 5.74) is 5.47. The molecule has 120 valence electrons. The van der Waals surface area contributed by atoms with E-state index in [4.69, 9.17) is 5.73 Å². The normalized spacial score (nSPS) is 11.9. The molecule has 7 heteroatoms. The first-order chi connectivity index (χ1) is 10.2. The van der Waals surface area contributed by atoms with Crippen LogP contribution in [0.1, 0.15) is 20.3 Å². The molecule has 0 spiro atoms. The fourth-order valence-electron chi connectivity index (χ4n) is 1.78. The monoisotopic (exact) mass is 310 g/mol. The Hall–Kier alpha value is -2.28. The van der Waals surface area contributed by atoms with Crippen molar-refractivity contribution < 1.29 is 23.5 Å². The maximum atomic E-state index is 13.6. The standard InChI is InChI=1S/C15H19FN2O4/c1-9(2)8-11(17)14(20)22-15(21)13(19)18(3)12-7-5-4-6-10(12)16/h4-7,9,11H,8,17H2,1-3H3/t11-/m0/s1. The highest BCUT2D eigenvalue weighted by Crippen LogP contribution is 2.17. The van der Waals surface area contributed by atoms with Crippen LogP contribution >= 0.6 is 0 Å². The van der Waals surface area contributed by atoms with Gasteiger partial charge in [-0.2, -0.15) is 0 Å². The number of halogens is 1. The van der Waals surface area contributed by atoms with E-state index >= 15 is 0 Å². The Morgan fingerprint density at radius 1 is 1.27 bits per heavy atom. The van der Waals surface area contributed by atoms with E-state index < -0.39 is 29.7 Å². The Labute approximate surface area is 128 Å². The van der Waals surface area contributed by atoms with Gasteiger partial charge >= 0.3 is 17.8 Å². The Kier molecular flexibility index (Phi) is 6.18. The number of anilines is 1. The summed E-state index contributed by atoms with van der Waals surface area (Å²) >= 11 is 0. The van der Waals surface area contributed by atoms with Crippen molar-refractivity contribution in [1.29, 1.82) is 0 Å². The van der Waals surface area contributed by atoms with E-state index in [9.17, 15) is 18.8 Å². The van der Waals surface area contributed by atoms with Gasteiger partial charge in [0.2, 0.25) is 0 Å². The minimum Gasteiger partial charge on any atom is -0.385 e. The van der Waals surface area contributed by atoms with Crippen molar-refractivity contribution in [2.75, 3.05) is 11.9 Å². The Morgan fingerprint density at radius 3 is 2.41 bits per heavy atom. The molecule has 1 amide bonds. The SMILES string of the molecule is CC(C)C[C@H](N)C(=O)OC(=O)C(=O)N(C)c1ccccc1F.